The SMILES string of the molecule is C=CN(Cc1ccccc1)C(CN)C[SiH](CC)OC. The molecule has 0 radical (unpaired) electrons. The van der Waals surface area contributed by atoms with Crippen molar-refractivity contribution in [3.63, 3.8) is 0 Å². The maximum absolute atomic E-state index is 5.94. The van der Waals surface area contributed by atoms with Crippen molar-refractivity contribution >= 4 is 9.04 Å². The minimum Gasteiger partial charge on any atom is -0.423 e. The van der Waals surface area contributed by atoms with Gasteiger partial charge in [0.2, 0.25) is 0 Å². The molecule has 1 aromatic rings. The average molecular weight is 278 g/mol. The molecular weight excluding hydrogens is 252 g/mol. The van der Waals surface area contributed by atoms with Gasteiger partial charge < -0.3 is 15.1 Å². The molecule has 0 fully saturated rings. The number of rotatable bonds is 9. The van der Waals surface area contributed by atoms with Crippen LogP contribution in [0, 0.1) is 0 Å². The van der Waals surface area contributed by atoms with E-state index < -0.39 is 9.04 Å². The molecule has 0 heterocycles. The first-order chi connectivity index (χ1) is 9.24. The molecule has 2 atom stereocenters. The first-order valence-electron chi connectivity index (χ1n) is 6.90. The molecule has 1 rings (SSSR count). The van der Waals surface area contributed by atoms with Gasteiger partial charge in [0.15, 0.2) is 9.04 Å². The molecule has 0 aliphatic carbocycles. The summed E-state index contributed by atoms with van der Waals surface area (Å²) in [6.07, 6.45) is 1.90. The summed E-state index contributed by atoms with van der Waals surface area (Å²) in [6.45, 7) is 7.63. The van der Waals surface area contributed by atoms with Gasteiger partial charge in [-0.15, -0.1) is 0 Å². The van der Waals surface area contributed by atoms with Crippen LogP contribution in [0.15, 0.2) is 43.1 Å². The Morgan fingerprint density at radius 1 is 1.42 bits per heavy atom. The Morgan fingerprint density at radius 2 is 2.11 bits per heavy atom. The summed E-state index contributed by atoms with van der Waals surface area (Å²) in [7, 11) is 0.708. The summed E-state index contributed by atoms with van der Waals surface area (Å²) < 4.78 is 5.60. The van der Waals surface area contributed by atoms with Crippen molar-refractivity contribution in [2.24, 2.45) is 5.73 Å². The van der Waals surface area contributed by atoms with Crippen LogP contribution in [0.1, 0.15) is 12.5 Å². The Balaban J connectivity index is 2.67. The highest BCUT2D eigenvalue weighted by Crippen LogP contribution is 2.14. The molecule has 0 saturated heterocycles. The predicted octanol–water partition coefficient (Wildman–Crippen LogP) is 2.35. The Labute approximate surface area is 118 Å². The van der Waals surface area contributed by atoms with E-state index >= 15 is 0 Å². The van der Waals surface area contributed by atoms with Crippen molar-refractivity contribution in [2.75, 3.05) is 13.7 Å². The number of nitrogens with two attached hydrogens (primary N) is 1. The predicted molar refractivity (Wildman–Crippen MR) is 84.5 cm³/mol. The fraction of sp³-hybridized carbons (Fsp3) is 0.467. The Morgan fingerprint density at radius 3 is 2.58 bits per heavy atom. The van der Waals surface area contributed by atoms with Gasteiger partial charge in [-0.3, -0.25) is 0 Å². The minimum atomic E-state index is -1.12. The minimum absolute atomic E-state index is 0.328. The summed E-state index contributed by atoms with van der Waals surface area (Å²) in [4.78, 5) is 2.24. The van der Waals surface area contributed by atoms with Gasteiger partial charge in [0, 0.05) is 26.2 Å². The highest BCUT2D eigenvalue weighted by molar-refractivity contribution is 6.51. The summed E-state index contributed by atoms with van der Waals surface area (Å²) in [5, 5.41) is 0. The van der Waals surface area contributed by atoms with Crippen LogP contribution in [0.5, 0.6) is 0 Å². The summed E-state index contributed by atoms with van der Waals surface area (Å²) in [5.41, 5.74) is 7.22. The lowest BCUT2D eigenvalue weighted by Gasteiger charge is -2.31. The highest BCUT2D eigenvalue weighted by atomic mass is 28.3. The third kappa shape index (κ3) is 5.18. The van der Waals surface area contributed by atoms with E-state index in [1.165, 1.54) is 5.56 Å². The molecular formula is C15H26N2OSi. The zero-order chi connectivity index (χ0) is 14.1. The van der Waals surface area contributed by atoms with E-state index in [1.54, 1.807) is 0 Å². The van der Waals surface area contributed by atoms with Crippen LogP contribution in [-0.4, -0.2) is 33.6 Å². The van der Waals surface area contributed by atoms with E-state index in [0.717, 1.165) is 18.6 Å². The maximum Gasteiger partial charge on any atom is 0.178 e. The third-order valence-electron chi connectivity index (χ3n) is 3.51. The van der Waals surface area contributed by atoms with Crippen molar-refractivity contribution in [2.45, 2.75) is 31.6 Å². The van der Waals surface area contributed by atoms with Crippen LogP contribution in [0.4, 0.5) is 0 Å². The van der Waals surface area contributed by atoms with Crippen LogP contribution in [0.3, 0.4) is 0 Å². The summed E-state index contributed by atoms with van der Waals surface area (Å²) in [6, 6.07) is 13.0. The van der Waals surface area contributed by atoms with Gasteiger partial charge in [0.25, 0.3) is 0 Å². The number of nitrogens with zero attached hydrogens (tertiary/aromatic N) is 1. The molecule has 0 bridgehead atoms. The topological polar surface area (TPSA) is 38.5 Å². The molecule has 0 aliphatic rings. The van der Waals surface area contributed by atoms with E-state index in [4.69, 9.17) is 10.2 Å². The highest BCUT2D eigenvalue weighted by Gasteiger charge is 2.19. The quantitative estimate of drug-likeness (QED) is 0.705. The van der Waals surface area contributed by atoms with Crippen LogP contribution < -0.4 is 5.73 Å². The average Bonchev–Trinajstić information content (AvgIpc) is 2.48. The first kappa shape index (κ1) is 16.0. The smallest absolute Gasteiger partial charge is 0.178 e. The molecule has 4 heteroatoms. The molecule has 1 aromatic carbocycles. The van der Waals surface area contributed by atoms with Crippen molar-refractivity contribution in [3.8, 4) is 0 Å². The van der Waals surface area contributed by atoms with E-state index in [-0.39, 0.29) is 0 Å². The zero-order valence-corrected chi connectivity index (χ0v) is 13.2. The second kappa shape index (κ2) is 8.91. The van der Waals surface area contributed by atoms with Crippen molar-refractivity contribution in [1.82, 2.24) is 4.90 Å². The van der Waals surface area contributed by atoms with Crippen molar-refractivity contribution in [1.29, 1.82) is 0 Å². The molecule has 106 valence electrons. The van der Waals surface area contributed by atoms with Crippen LogP contribution in [-0.2, 0) is 11.0 Å². The van der Waals surface area contributed by atoms with Crippen molar-refractivity contribution < 1.29 is 4.43 Å². The number of hydrogen-bond acceptors (Lipinski definition) is 3. The molecule has 0 spiro atoms. The largest absolute Gasteiger partial charge is 0.423 e. The lowest BCUT2D eigenvalue weighted by Crippen LogP contribution is -2.40. The molecule has 0 amide bonds. The van der Waals surface area contributed by atoms with Crippen LogP contribution >= 0.6 is 0 Å². The van der Waals surface area contributed by atoms with E-state index in [0.29, 0.717) is 12.6 Å². The summed E-state index contributed by atoms with van der Waals surface area (Å²) >= 11 is 0. The molecule has 0 saturated carbocycles. The number of hydrogen-bond donors (Lipinski definition) is 1. The van der Waals surface area contributed by atoms with Gasteiger partial charge in [-0.25, -0.2) is 0 Å². The van der Waals surface area contributed by atoms with Gasteiger partial charge in [-0.2, -0.15) is 0 Å². The standard InChI is InChI=1S/C15H26N2OSi/c1-4-17(12-14-9-7-6-8-10-14)15(11-16)13-19(5-2)18-3/h4,6-10,15,19H,1,5,11-13,16H2,2-3H3. The maximum atomic E-state index is 5.94. The fourth-order valence-corrected chi connectivity index (χ4v) is 4.17. The zero-order valence-electron chi connectivity index (χ0n) is 12.1. The third-order valence-corrected chi connectivity index (χ3v) is 6.15. The van der Waals surface area contributed by atoms with Gasteiger partial charge >= 0.3 is 0 Å². The molecule has 3 nitrogen and oxygen atoms in total. The lowest BCUT2D eigenvalue weighted by atomic mass is 10.2. The Hall–Kier alpha value is -1.10. The first-order valence-corrected chi connectivity index (χ1v) is 9.00. The second-order valence-electron chi connectivity index (χ2n) is 4.73. The van der Waals surface area contributed by atoms with Crippen LogP contribution in [0.2, 0.25) is 12.1 Å². The molecule has 19 heavy (non-hydrogen) atoms. The van der Waals surface area contributed by atoms with Gasteiger partial charge in [0.05, 0.1) is 0 Å². The van der Waals surface area contributed by atoms with E-state index in [9.17, 15) is 0 Å². The van der Waals surface area contributed by atoms with Crippen LogP contribution in [0.25, 0.3) is 0 Å². The molecule has 0 aliphatic heterocycles. The lowest BCUT2D eigenvalue weighted by molar-refractivity contribution is 0.281. The van der Waals surface area contributed by atoms with E-state index in [1.807, 2.05) is 19.4 Å². The normalized spacial score (nSPS) is 13.8. The monoisotopic (exact) mass is 278 g/mol. The molecule has 2 unspecified atom stereocenters. The number of benzene rings is 1. The molecule has 2 N–H and O–H groups in total. The Bertz CT molecular complexity index is 354. The van der Waals surface area contributed by atoms with Gasteiger partial charge in [-0.1, -0.05) is 43.8 Å². The summed E-state index contributed by atoms with van der Waals surface area (Å²) in [5.74, 6) is 0. The molecule has 0 aromatic heterocycles. The second-order valence-corrected chi connectivity index (χ2v) is 7.74. The van der Waals surface area contributed by atoms with E-state index in [2.05, 4.69) is 42.7 Å². The van der Waals surface area contributed by atoms with Gasteiger partial charge in [-0.05, 0) is 23.9 Å². The van der Waals surface area contributed by atoms with Gasteiger partial charge in [0.1, 0.15) is 0 Å². The Kier molecular flexibility index (Phi) is 7.48. The fourth-order valence-electron chi connectivity index (χ4n) is 2.24. The van der Waals surface area contributed by atoms with Crippen molar-refractivity contribution in [3.05, 3.63) is 48.7 Å².